The Hall–Kier alpha value is -1.11. The highest BCUT2D eigenvalue weighted by atomic mass is 32.2. The second kappa shape index (κ2) is 6.34. The van der Waals surface area contributed by atoms with Gasteiger partial charge in [0.2, 0.25) is 10.0 Å². The first-order valence-electron chi connectivity index (χ1n) is 7.18. The molecule has 1 aromatic rings. The lowest BCUT2D eigenvalue weighted by molar-refractivity contribution is 0.0901. The van der Waals surface area contributed by atoms with E-state index in [-0.39, 0.29) is 11.0 Å². The van der Waals surface area contributed by atoms with Gasteiger partial charge in [-0.3, -0.25) is 0 Å². The minimum atomic E-state index is -3.70. The summed E-state index contributed by atoms with van der Waals surface area (Å²) >= 11 is 0. The van der Waals surface area contributed by atoms with Gasteiger partial charge in [-0.1, -0.05) is 0 Å². The molecule has 21 heavy (non-hydrogen) atoms. The Morgan fingerprint density at radius 3 is 2.62 bits per heavy atom. The highest BCUT2D eigenvalue weighted by molar-refractivity contribution is 7.89. The smallest absolute Gasteiger partial charge is 0.238 e. The molecule has 1 saturated heterocycles. The summed E-state index contributed by atoms with van der Waals surface area (Å²) in [5, 5.41) is 5.24. The molecule has 1 heterocycles. The van der Waals surface area contributed by atoms with Crippen LogP contribution in [0.3, 0.4) is 0 Å². The fourth-order valence-corrected chi connectivity index (χ4v) is 3.62. The van der Waals surface area contributed by atoms with Crippen LogP contribution in [0.25, 0.3) is 0 Å². The first-order valence-corrected chi connectivity index (χ1v) is 8.73. The van der Waals surface area contributed by atoms with Crippen molar-refractivity contribution in [2.45, 2.75) is 51.0 Å². The minimum Gasteiger partial charge on any atom is -0.493 e. The number of hydrogen-bond donors (Lipinski definition) is 1. The number of benzene rings is 1. The topological polar surface area (TPSA) is 78.6 Å². The highest BCUT2D eigenvalue weighted by Gasteiger charge is 2.19. The maximum Gasteiger partial charge on any atom is 0.238 e. The molecule has 118 valence electrons. The molecule has 6 heteroatoms. The molecule has 0 bridgehead atoms. The fourth-order valence-electron chi connectivity index (χ4n) is 2.70. The Balaban J connectivity index is 2.14. The molecule has 2 rings (SSSR count). The summed E-state index contributed by atoms with van der Waals surface area (Å²) in [6, 6.07) is 1.58. The summed E-state index contributed by atoms with van der Waals surface area (Å²) < 4.78 is 34.6. The van der Waals surface area contributed by atoms with Gasteiger partial charge < -0.3 is 9.47 Å². The number of ether oxygens (including phenoxy) is 2. The van der Waals surface area contributed by atoms with Crippen LogP contribution in [0.4, 0.5) is 0 Å². The third-order valence-electron chi connectivity index (χ3n) is 4.00. The van der Waals surface area contributed by atoms with Crippen molar-refractivity contribution < 1.29 is 17.9 Å². The molecule has 0 aliphatic carbocycles. The first kappa shape index (κ1) is 16.3. The Bertz CT molecular complexity index is 619. The third-order valence-corrected chi connectivity index (χ3v) is 5.03. The van der Waals surface area contributed by atoms with Crippen LogP contribution in [0, 0.1) is 20.8 Å². The molecule has 5 nitrogen and oxygen atoms in total. The van der Waals surface area contributed by atoms with Gasteiger partial charge in [0.05, 0.1) is 17.6 Å². The molecule has 0 spiro atoms. The van der Waals surface area contributed by atoms with Gasteiger partial charge in [0.1, 0.15) is 5.75 Å². The second-order valence-electron chi connectivity index (χ2n) is 5.59. The lowest BCUT2D eigenvalue weighted by Crippen LogP contribution is -2.16. The van der Waals surface area contributed by atoms with Crippen molar-refractivity contribution in [3.63, 3.8) is 0 Å². The number of aryl methyl sites for hydroxylation is 1. The Morgan fingerprint density at radius 1 is 1.33 bits per heavy atom. The molecule has 1 unspecified atom stereocenters. The van der Waals surface area contributed by atoms with Crippen molar-refractivity contribution in [1.82, 2.24) is 0 Å². The summed E-state index contributed by atoms with van der Waals surface area (Å²) in [7, 11) is -3.70. The first-order chi connectivity index (χ1) is 9.80. The van der Waals surface area contributed by atoms with Crippen molar-refractivity contribution in [3.05, 3.63) is 22.8 Å². The number of rotatable bonds is 5. The summed E-state index contributed by atoms with van der Waals surface area (Å²) in [4.78, 5) is 0.170. The van der Waals surface area contributed by atoms with Gasteiger partial charge in [-0.2, -0.15) is 0 Å². The zero-order valence-corrected chi connectivity index (χ0v) is 13.6. The van der Waals surface area contributed by atoms with Crippen molar-refractivity contribution in [3.8, 4) is 5.75 Å². The summed E-state index contributed by atoms with van der Waals surface area (Å²) in [6.07, 6.45) is 3.35. The molecule has 1 aromatic carbocycles. The van der Waals surface area contributed by atoms with Gasteiger partial charge in [0.15, 0.2) is 0 Å². The maximum absolute atomic E-state index is 11.6. The van der Waals surface area contributed by atoms with Gasteiger partial charge in [0.25, 0.3) is 0 Å². The van der Waals surface area contributed by atoms with Crippen LogP contribution in [0.2, 0.25) is 0 Å². The number of sulfonamides is 1. The summed E-state index contributed by atoms with van der Waals surface area (Å²) in [6.45, 7) is 6.85. The van der Waals surface area contributed by atoms with Crippen molar-refractivity contribution in [2.24, 2.45) is 5.14 Å². The third kappa shape index (κ3) is 3.75. The zero-order valence-electron chi connectivity index (χ0n) is 12.8. The van der Waals surface area contributed by atoms with Crippen LogP contribution in [0.1, 0.15) is 36.0 Å². The normalized spacial score (nSPS) is 19.0. The molecule has 1 aliphatic heterocycles. The van der Waals surface area contributed by atoms with E-state index in [9.17, 15) is 8.42 Å². The van der Waals surface area contributed by atoms with E-state index in [1.807, 2.05) is 13.8 Å². The van der Waals surface area contributed by atoms with Gasteiger partial charge in [0, 0.05) is 13.0 Å². The van der Waals surface area contributed by atoms with E-state index in [4.69, 9.17) is 14.6 Å². The second-order valence-corrected chi connectivity index (χ2v) is 7.12. The molecule has 0 radical (unpaired) electrons. The minimum absolute atomic E-state index is 0.170. The predicted octanol–water partition coefficient (Wildman–Crippen LogP) is 2.21. The monoisotopic (exact) mass is 313 g/mol. The molecular weight excluding hydrogens is 290 g/mol. The van der Waals surface area contributed by atoms with E-state index in [1.165, 1.54) is 0 Å². The maximum atomic E-state index is 11.6. The highest BCUT2D eigenvalue weighted by Crippen LogP contribution is 2.31. The molecule has 1 aliphatic rings. The average molecular weight is 313 g/mol. The summed E-state index contributed by atoms with van der Waals surface area (Å²) in [5.74, 6) is 0.748. The van der Waals surface area contributed by atoms with E-state index in [0.717, 1.165) is 42.7 Å². The molecule has 0 saturated carbocycles. The predicted molar refractivity (Wildman–Crippen MR) is 81.1 cm³/mol. The van der Waals surface area contributed by atoms with Crippen LogP contribution in [0.5, 0.6) is 5.75 Å². The Morgan fingerprint density at radius 2 is 2.05 bits per heavy atom. The van der Waals surface area contributed by atoms with Crippen molar-refractivity contribution >= 4 is 10.0 Å². The molecular formula is C15H23NO4S. The van der Waals surface area contributed by atoms with Crippen LogP contribution in [-0.4, -0.2) is 27.7 Å². The SMILES string of the molecule is Cc1cc(S(N)(=O)=O)c(C)c(C)c1OCCC1CCCO1. The Kier molecular flexibility index (Phi) is 4.91. The number of hydrogen-bond acceptors (Lipinski definition) is 4. The zero-order chi connectivity index (χ0) is 15.6. The Labute approximate surface area is 126 Å². The van der Waals surface area contributed by atoms with Crippen LogP contribution in [-0.2, 0) is 14.8 Å². The molecule has 1 fully saturated rings. The van der Waals surface area contributed by atoms with E-state index in [1.54, 1.807) is 13.0 Å². The molecule has 0 aromatic heterocycles. The van der Waals surface area contributed by atoms with E-state index in [0.29, 0.717) is 12.2 Å². The number of primary sulfonamides is 1. The number of nitrogens with two attached hydrogens (primary N) is 1. The van der Waals surface area contributed by atoms with Crippen LogP contribution < -0.4 is 9.88 Å². The molecule has 0 amide bonds. The van der Waals surface area contributed by atoms with E-state index >= 15 is 0 Å². The standard InChI is InChI=1S/C15H23NO4S/c1-10-9-14(21(16,17)18)11(2)12(3)15(10)20-8-6-13-5-4-7-19-13/h9,13H,4-8H2,1-3H3,(H2,16,17,18). The van der Waals surface area contributed by atoms with E-state index in [2.05, 4.69) is 0 Å². The van der Waals surface area contributed by atoms with Crippen LogP contribution >= 0.6 is 0 Å². The van der Waals surface area contributed by atoms with Crippen molar-refractivity contribution in [2.75, 3.05) is 13.2 Å². The van der Waals surface area contributed by atoms with Crippen LogP contribution in [0.15, 0.2) is 11.0 Å². The lowest BCUT2D eigenvalue weighted by Gasteiger charge is -2.17. The molecule has 1 atom stereocenters. The molecule has 2 N–H and O–H groups in total. The van der Waals surface area contributed by atoms with Gasteiger partial charge >= 0.3 is 0 Å². The van der Waals surface area contributed by atoms with Gasteiger partial charge in [-0.05, 0) is 56.4 Å². The van der Waals surface area contributed by atoms with Gasteiger partial charge in [-0.15, -0.1) is 0 Å². The lowest BCUT2D eigenvalue weighted by atomic mass is 10.1. The average Bonchev–Trinajstić information content (AvgIpc) is 2.89. The van der Waals surface area contributed by atoms with E-state index < -0.39 is 10.0 Å². The van der Waals surface area contributed by atoms with Gasteiger partial charge in [-0.25, -0.2) is 13.6 Å². The largest absolute Gasteiger partial charge is 0.493 e. The quantitative estimate of drug-likeness (QED) is 0.904. The fraction of sp³-hybridized carbons (Fsp3) is 0.600. The summed E-state index contributed by atoms with van der Waals surface area (Å²) in [5.41, 5.74) is 2.26. The van der Waals surface area contributed by atoms with Crippen molar-refractivity contribution in [1.29, 1.82) is 0 Å².